The highest BCUT2D eigenvalue weighted by molar-refractivity contribution is 7.99. The summed E-state index contributed by atoms with van der Waals surface area (Å²) in [6, 6.07) is 0. The summed E-state index contributed by atoms with van der Waals surface area (Å²) >= 11 is 1.99. The predicted octanol–water partition coefficient (Wildman–Crippen LogP) is 2.55. The fraction of sp³-hybridized carbons (Fsp3) is 1.00. The molecule has 0 aromatic heterocycles. The van der Waals surface area contributed by atoms with Crippen molar-refractivity contribution in [3.05, 3.63) is 0 Å². The van der Waals surface area contributed by atoms with Crippen molar-refractivity contribution >= 4 is 11.8 Å². The van der Waals surface area contributed by atoms with Gasteiger partial charge in [-0.1, -0.05) is 13.8 Å². The van der Waals surface area contributed by atoms with Crippen molar-refractivity contribution in [2.45, 2.75) is 32.4 Å². The maximum Gasteiger partial charge on any atom is 0.0556 e. The van der Waals surface area contributed by atoms with Crippen LogP contribution in [0.3, 0.4) is 0 Å². The molecule has 1 atom stereocenters. The third kappa shape index (κ3) is 6.43. The van der Waals surface area contributed by atoms with E-state index in [9.17, 15) is 0 Å². The van der Waals surface area contributed by atoms with Crippen LogP contribution in [0.4, 0.5) is 0 Å². The van der Waals surface area contributed by atoms with E-state index in [1.807, 2.05) is 18.7 Å². The van der Waals surface area contributed by atoms with E-state index in [0.29, 0.717) is 0 Å². The minimum atomic E-state index is 0.792. The van der Waals surface area contributed by atoms with Gasteiger partial charge in [-0.2, -0.15) is 11.8 Å². The van der Waals surface area contributed by atoms with Crippen LogP contribution in [0.1, 0.15) is 27.2 Å². The van der Waals surface area contributed by atoms with Gasteiger partial charge in [0.25, 0.3) is 0 Å². The van der Waals surface area contributed by atoms with E-state index in [1.54, 1.807) is 0 Å². The lowest BCUT2D eigenvalue weighted by Gasteiger charge is -2.06. The molecule has 0 aromatic rings. The van der Waals surface area contributed by atoms with Gasteiger partial charge >= 0.3 is 0 Å². The molecule has 0 fully saturated rings. The molecule has 0 saturated carbocycles. The molecule has 0 saturated heterocycles. The van der Waals surface area contributed by atoms with Crippen LogP contribution in [-0.4, -0.2) is 24.2 Å². The Labute approximate surface area is 68.5 Å². The first-order valence-corrected chi connectivity index (χ1v) is 5.05. The molecule has 0 amide bonds. The molecule has 0 radical (unpaired) electrons. The Morgan fingerprint density at radius 3 is 2.60 bits per heavy atom. The Bertz CT molecular complexity index is 66.3. The monoisotopic (exact) mass is 162 g/mol. The van der Waals surface area contributed by atoms with Crippen molar-refractivity contribution in [3.63, 3.8) is 0 Å². The fourth-order valence-electron chi connectivity index (χ4n) is 0.570. The number of hydrogen-bond acceptors (Lipinski definition) is 2. The van der Waals surface area contributed by atoms with Crippen molar-refractivity contribution in [2.24, 2.45) is 0 Å². The van der Waals surface area contributed by atoms with Gasteiger partial charge < -0.3 is 4.74 Å². The maximum atomic E-state index is 5.21. The first-order valence-electron chi connectivity index (χ1n) is 4.00. The zero-order valence-electron chi connectivity index (χ0n) is 7.22. The van der Waals surface area contributed by atoms with Crippen molar-refractivity contribution in [2.75, 3.05) is 19.0 Å². The molecule has 0 aromatic carbocycles. The number of rotatable bonds is 6. The molecule has 2 heteroatoms. The molecule has 1 unspecified atom stereocenters. The summed E-state index contributed by atoms with van der Waals surface area (Å²) in [4.78, 5) is 0. The van der Waals surface area contributed by atoms with Gasteiger partial charge in [-0.3, -0.25) is 0 Å². The molecule has 1 nitrogen and oxygen atoms in total. The quantitative estimate of drug-likeness (QED) is 0.555. The SMILES string of the molecule is CCOCCSC(C)CC. The van der Waals surface area contributed by atoms with Crippen molar-refractivity contribution in [3.8, 4) is 0 Å². The Balaban J connectivity index is 2.89. The molecule has 62 valence electrons. The van der Waals surface area contributed by atoms with Gasteiger partial charge in [0.15, 0.2) is 0 Å². The molecule has 10 heavy (non-hydrogen) atoms. The molecule has 0 rings (SSSR count). The van der Waals surface area contributed by atoms with Crippen LogP contribution >= 0.6 is 11.8 Å². The van der Waals surface area contributed by atoms with E-state index in [1.165, 1.54) is 6.42 Å². The van der Waals surface area contributed by atoms with Gasteiger partial charge in [0.1, 0.15) is 0 Å². The van der Waals surface area contributed by atoms with Gasteiger partial charge in [0.2, 0.25) is 0 Å². The van der Waals surface area contributed by atoms with Gasteiger partial charge in [0, 0.05) is 17.6 Å². The smallest absolute Gasteiger partial charge is 0.0556 e. The second-order valence-electron chi connectivity index (χ2n) is 2.29. The van der Waals surface area contributed by atoms with Crippen molar-refractivity contribution in [1.82, 2.24) is 0 Å². The highest BCUT2D eigenvalue weighted by atomic mass is 32.2. The van der Waals surface area contributed by atoms with Crippen LogP contribution in [0.5, 0.6) is 0 Å². The second-order valence-corrected chi connectivity index (χ2v) is 3.83. The zero-order valence-corrected chi connectivity index (χ0v) is 8.04. The van der Waals surface area contributed by atoms with E-state index in [0.717, 1.165) is 24.2 Å². The van der Waals surface area contributed by atoms with E-state index >= 15 is 0 Å². The Hall–Kier alpha value is 0.310. The molecular weight excluding hydrogens is 144 g/mol. The van der Waals surface area contributed by atoms with Crippen LogP contribution in [0.25, 0.3) is 0 Å². The Morgan fingerprint density at radius 1 is 1.40 bits per heavy atom. The van der Waals surface area contributed by atoms with Crippen molar-refractivity contribution in [1.29, 1.82) is 0 Å². The van der Waals surface area contributed by atoms with E-state index in [-0.39, 0.29) is 0 Å². The lowest BCUT2D eigenvalue weighted by molar-refractivity contribution is 0.164. The first kappa shape index (κ1) is 10.3. The summed E-state index contributed by atoms with van der Waals surface area (Å²) < 4.78 is 5.21. The molecule has 0 bridgehead atoms. The van der Waals surface area contributed by atoms with Crippen molar-refractivity contribution < 1.29 is 4.74 Å². The third-order valence-electron chi connectivity index (χ3n) is 1.41. The van der Waals surface area contributed by atoms with Gasteiger partial charge in [-0.25, -0.2) is 0 Å². The van der Waals surface area contributed by atoms with Crippen LogP contribution in [0, 0.1) is 0 Å². The molecule has 0 aliphatic rings. The average molecular weight is 162 g/mol. The Morgan fingerprint density at radius 2 is 2.10 bits per heavy atom. The molecular formula is C8H18OS. The van der Waals surface area contributed by atoms with E-state index < -0.39 is 0 Å². The second kappa shape index (κ2) is 7.42. The summed E-state index contributed by atoms with van der Waals surface area (Å²) in [5.74, 6) is 1.14. The van der Waals surface area contributed by atoms with E-state index in [2.05, 4.69) is 13.8 Å². The number of ether oxygens (including phenoxy) is 1. The zero-order chi connectivity index (χ0) is 7.82. The molecule has 0 aliphatic carbocycles. The lowest BCUT2D eigenvalue weighted by atomic mass is 10.4. The van der Waals surface area contributed by atoms with Gasteiger partial charge in [-0.05, 0) is 13.3 Å². The number of thioether (sulfide) groups is 1. The predicted molar refractivity (Wildman–Crippen MR) is 48.7 cm³/mol. The normalized spacial score (nSPS) is 13.5. The van der Waals surface area contributed by atoms with Crippen LogP contribution in [0.15, 0.2) is 0 Å². The minimum absolute atomic E-state index is 0.792. The lowest BCUT2D eigenvalue weighted by Crippen LogP contribution is -2.01. The molecule has 0 heterocycles. The van der Waals surface area contributed by atoms with Crippen LogP contribution < -0.4 is 0 Å². The topological polar surface area (TPSA) is 9.23 Å². The summed E-state index contributed by atoms with van der Waals surface area (Å²) in [6.45, 7) is 8.27. The summed E-state index contributed by atoms with van der Waals surface area (Å²) in [5.41, 5.74) is 0. The third-order valence-corrected chi connectivity index (χ3v) is 2.71. The van der Waals surface area contributed by atoms with Crippen LogP contribution in [-0.2, 0) is 4.74 Å². The minimum Gasteiger partial charge on any atom is -0.381 e. The first-order chi connectivity index (χ1) is 4.81. The molecule has 0 aliphatic heterocycles. The summed E-state index contributed by atoms with van der Waals surface area (Å²) in [7, 11) is 0. The summed E-state index contributed by atoms with van der Waals surface area (Å²) in [6.07, 6.45) is 1.26. The fourth-order valence-corrected chi connectivity index (χ4v) is 1.42. The average Bonchev–Trinajstić information content (AvgIpc) is 1.98. The summed E-state index contributed by atoms with van der Waals surface area (Å²) in [5, 5.41) is 0.792. The van der Waals surface area contributed by atoms with Gasteiger partial charge in [0.05, 0.1) is 6.61 Å². The molecule has 0 spiro atoms. The highest BCUT2D eigenvalue weighted by Gasteiger charge is 1.96. The number of hydrogen-bond donors (Lipinski definition) is 0. The van der Waals surface area contributed by atoms with Gasteiger partial charge in [-0.15, -0.1) is 0 Å². The Kier molecular flexibility index (Phi) is 7.65. The largest absolute Gasteiger partial charge is 0.381 e. The maximum absolute atomic E-state index is 5.21. The van der Waals surface area contributed by atoms with Crippen LogP contribution in [0.2, 0.25) is 0 Å². The highest BCUT2D eigenvalue weighted by Crippen LogP contribution is 2.12. The molecule has 0 N–H and O–H groups in total. The standard InChI is InChI=1S/C8H18OS/c1-4-8(3)10-7-6-9-5-2/h8H,4-7H2,1-3H3. The van der Waals surface area contributed by atoms with E-state index in [4.69, 9.17) is 4.74 Å².